The first-order chi connectivity index (χ1) is 7.62. The van der Waals surface area contributed by atoms with Gasteiger partial charge < -0.3 is 15.7 Å². The molecule has 3 nitrogen and oxygen atoms in total. The quantitative estimate of drug-likeness (QED) is 0.760. The minimum Gasteiger partial charge on any atom is -0.394 e. The zero-order valence-corrected chi connectivity index (χ0v) is 10.2. The van der Waals surface area contributed by atoms with Crippen molar-refractivity contribution in [2.24, 2.45) is 5.73 Å². The standard InChI is InChI=1S/C13H22N2O/c1-3-9-15(2)10-13(14,11-16)12-7-5-4-6-8-12/h4-8,16H,3,9-11,14H2,1-2H3. The first-order valence-electron chi connectivity index (χ1n) is 5.76. The Morgan fingerprint density at radius 1 is 1.31 bits per heavy atom. The summed E-state index contributed by atoms with van der Waals surface area (Å²) < 4.78 is 0. The van der Waals surface area contributed by atoms with Crippen LogP contribution in [-0.2, 0) is 5.54 Å². The number of aliphatic hydroxyl groups is 1. The van der Waals surface area contributed by atoms with Crippen LogP contribution < -0.4 is 5.73 Å². The first-order valence-corrected chi connectivity index (χ1v) is 5.76. The Morgan fingerprint density at radius 2 is 1.94 bits per heavy atom. The lowest BCUT2D eigenvalue weighted by Gasteiger charge is -2.32. The van der Waals surface area contributed by atoms with Gasteiger partial charge in [-0.05, 0) is 25.6 Å². The summed E-state index contributed by atoms with van der Waals surface area (Å²) in [6, 6.07) is 9.79. The molecule has 0 spiro atoms. The number of hydrogen-bond acceptors (Lipinski definition) is 3. The predicted octanol–water partition coefficient (Wildman–Crippen LogP) is 1.17. The average molecular weight is 222 g/mol. The van der Waals surface area contributed by atoms with E-state index in [9.17, 15) is 5.11 Å². The molecule has 0 saturated heterocycles. The van der Waals surface area contributed by atoms with E-state index < -0.39 is 5.54 Å². The maximum absolute atomic E-state index is 9.50. The number of nitrogens with zero attached hydrogens (tertiary/aromatic N) is 1. The number of nitrogens with two attached hydrogens (primary N) is 1. The molecule has 0 fully saturated rings. The highest BCUT2D eigenvalue weighted by molar-refractivity contribution is 5.24. The van der Waals surface area contributed by atoms with Gasteiger partial charge in [0, 0.05) is 6.54 Å². The van der Waals surface area contributed by atoms with Crippen molar-refractivity contribution in [2.45, 2.75) is 18.9 Å². The summed E-state index contributed by atoms with van der Waals surface area (Å²) >= 11 is 0. The van der Waals surface area contributed by atoms with Crippen molar-refractivity contribution < 1.29 is 5.11 Å². The third-order valence-corrected chi connectivity index (χ3v) is 2.79. The van der Waals surface area contributed by atoms with E-state index in [2.05, 4.69) is 11.8 Å². The molecule has 16 heavy (non-hydrogen) atoms. The summed E-state index contributed by atoms with van der Waals surface area (Å²) in [5.41, 5.74) is 6.58. The topological polar surface area (TPSA) is 49.5 Å². The van der Waals surface area contributed by atoms with E-state index in [-0.39, 0.29) is 6.61 Å². The van der Waals surface area contributed by atoms with E-state index in [1.807, 2.05) is 37.4 Å². The second kappa shape index (κ2) is 5.99. The maximum Gasteiger partial charge on any atom is 0.0772 e. The molecule has 0 aliphatic heterocycles. The Hall–Kier alpha value is -0.900. The van der Waals surface area contributed by atoms with Crippen molar-refractivity contribution in [3.63, 3.8) is 0 Å². The molecule has 1 rings (SSSR count). The van der Waals surface area contributed by atoms with E-state index in [0.29, 0.717) is 6.54 Å². The lowest BCUT2D eigenvalue weighted by Crippen LogP contribution is -2.49. The van der Waals surface area contributed by atoms with Crippen molar-refractivity contribution in [3.05, 3.63) is 35.9 Å². The molecule has 1 aromatic carbocycles. The molecule has 3 heteroatoms. The molecule has 1 atom stereocenters. The number of likely N-dealkylation sites (N-methyl/N-ethyl adjacent to an activating group) is 1. The van der Waals surface area contributed by atoms with E-state index in [1.54, 1.807) is 0 Å². The van der Waals surface area contributed by atoms with Crippen LogP contribution in [0.25, 0.3) is 0 Å². The Morgan fingerprint density at radius 3 is 2.44 bits per heavy atom. The van der Waals surface area contributed by atoms with Crippen LogP contribution in [0.4, 0.5) is 0 Å². The molecular weight excluding hydrogens is 200 g/mol. The van der Waals surface area contributed by atoms with Crippen molar-refractivity contribution in [1.29, 1.82) is 0 Å². The van der Waals surface area contributed by atoms with Crippen LogP contribution in [0.1, 0.15) is 18.9 Å². The number of aliphatic hydroxyl groups excluding tert-OH is 1. The van der Waals surface area contributed by atoms with Gasteiger partial charge >= 0.3 is 0 Å². The van der Waals surface area contributed by atoms with Gasteiger partial charge in [-0.15, -0.1) is 0 Å². The number of rotatable bonds is 6. The molecule has 0 amide bonds. The fourth-order valence-electron chi connectivity index (χ4n) is 1.95. The second-order valence-corrected chi connectivity index (χ2v) is 4.42. The van der Waals surface area contributed by atoms with Crippen molar-refractivity contribution in [2.75, 3.05) is 26.7 Å². The lowest BCUT2D eigenvalue weighted by molar-refractivity contribution is 0.150. The monoisotopic (exact) mass is 222 g/mol. The Balaban J connectivity index is 2.78. The molecule has 3 N–H and O–H groups in total. The summed E-state index contributed by atoms with van der Waals surface area (Å²) in [6.45, 7) is 3.76. The van der Waals surface area contributed by atoms with Crippen molar-refractivity contribution in [3.8, 4) is 0 Å². The highest BCUT2D eigenvalue weighted by atomic mass is 16.3. The summed E-state index contributed by atoms with van der Waals surface area (Å²) in [5.74, 6) is 0. The molecule has 0 aliphatic rings. The van der Waals surface area contributed by atoms with Crippen LogP contribution in [0.3, 0.4) is 0 Å². The van der Waals surface area contributed by atoms with Gasteiger partial charge in [-0.3, -0.25) is 0 Å². The van der Waals surface area contributed by atoms with Crippen LogP contribution in [0.15, 0.2) is 30.3 Å². The summed E-state index contributed by atoms with van der Waals surface area (Å²) in [6.07, 6.45) is 1.09. The molecule has 0 aliphatic carbocycles. The van der Waals surface area contributed by atoms with Crippen LogP contribution in [0.5, 0.6) is 0 Å². The third kappa shape index (κ3) is 3.30. The van der Waals surface area contributed by atoms with Gasteiger partial charge in [0.1, 0.15) is 0 Å². The second-order valence-electron chi connectivity index (χ2n) is 4.42. The average Bonchev–Trinajstić information content (AvgIpc) is 2.30. The van der Waals surface area contributed by atoms with Crippen LogP contribution in [-0.4, -0.2) is 36.8 Å². The molecule has 0 radical (unpaired) electrons. The first kappa shape index (κ1) is 13.2. The number of hydrogen-bond donors (Lipinski definition) is 2. The Kier molecular flexibility index (Phi) is 4.93. The molecule has 0 bridgehead atoms. The molecule has 0 aromatic heterocycles. The van der Waals surface area contributed by atoms with Gasteiger partial charge in [0.25, 0.3) is 0 Å². The SMILES string of the molecule is CCCN(C)CC(N)(CO)c1ccccc1. The largest absolute Gasteiger partial charge is 0.394 e. The van der Waals surface area contributed by atoms with Gasteiger partial charge in [0.2, 0.25) is 0 Å². The van der Waals surface area contributed by atoms with E-state index in [1.165, 1.54) is 0 Å². The highest BCUT2D eigenvalue weighted by Crippen LogP contribution is 2.18. The molecule has 1 unspecified atom stereocenters. The molecule has 0 heterocycles. The normalized spacial score (nSPS) is 15.1. The van der Waals surface area contributed by atoms with E-state index in [0.717, 1.165) is 18.5 Å². The van der Waals surface area contributed by atoms with Gasteiger partial charge in [0.15, 0.2) is 0 Å². The van der Waals surface area contributed by atoms with Gasteiger partial charge in [-0.25, -0.2) is 0 Å². The fourth-order valence-corrected chi connectivity index (χ4v) is 1.95. The Labute approximate surface area is 97.9 Å². The zero-order chi connectivity index (χ0) is 12.0. The summed E-state index contributed by atoms with van der Waals surface area (Å²) in [7, 11) is 2.03. The smallest absolute Gasteiger partial charge is 0.0772 e. The van der Waals surface area contributed by atoms with Crippen LogP contribution in [0.2, 0.25) is 0 Å². The number of benzene rings is 1. The van der Waals surface area contributed by atoms with E-state index in [4.69, 9.17) is 5.73 Å². The highest BCUT2D eigenvalue weighted by Gasteiger charge is 2.27. The van der Waals surface area contributed by atoms with Crippen LogP contribution >= 0.6 is 0 Å². The van der Waals surface area contributed by atoms with Gasteiger partial charge in [0.05, 0.1) is 12.1 Å². The van der Waals surface area contributed by atoms with E-state index >= 15 is 0 Å². The summed E-state index contributed by atoms with van der Waals surface area (Å²) in [5, 5.41) is 9.50. The minimum atomic E-state index is -0.662. The van der Waals surface area contributed by atoms with Crippen molar-refractivity contribution in [1.82, 2.24) is 4.90 Å². The molecule has 90 valence electrons. The minimum absolute atomic E-state index is 0.0366. The van der Waals surface area contributed by atoms with Crippen LogP contribution in [0, 0.1) is 0 Å². The summed E-state index contributed by atoms with van der Waals surface area (Å²) in [4.78, 5) is 2.16. The molecule has 1 aromatic rings. The molecule has 0 saturated carbocycles. The molecular formula is C13H22N2O. The Bertz CT molecular complexity index is 302. The maximum atomic E-state index is 9.50. The third-order valence-electron chi connectivity index (χ3n) is 2.79. The zero-order valence-electron chi connectivity index (χ0n) is 10.2. The van der Waals surface area contributed by atoms with Gasteiger partial charge in [-0.1, -0.05) is 37.3 Å². The van der Waals surface area contributed by atoms with Gasteiger partial charge in [-0.2, -0.15) is 0 Å². The van der Waals surface area contributed by atoms with Crippen molar-refractivity contribution >= 4 is 0 Å². The predicted molar refractivity (Wildman–Crippen MR) is 67.2 cm³/mol. The fraction of sp³-hybridized carbons (Fsp3) is 0.538. The lowest BCUT2D eigenvalue weighted by atomic mass is 9.91.